The molecule has 0 spiro atoms. The molecule has 0 saturated heterocycles. The molecule has 4 nitrogen and oxygen atoms in total. The van der Waals surface area contributed by atoms with Gasteiger partial charge in [-0.2, -0.15) is 10.1 Å². The van der Waals surface area contributed by atoms with Gasteiger partial charge in [0.05, 0.1) is 6.04 Å². The van der Waals surface area contributed by atoms with Gasteiger partial charge in [0.25, 0.3) is 0 Å². The molecule has 4 heteroatoms. The summed E-state index contributed by atoms with van der Waals surface area (Å²) in [5, 5.41) is 7.90. The Hall–Kier alpha value is -1.06. The highest BCUT2D eigenvalue weighted by Gasteiger charge is 2.27. The quantitative estimate of drug-likeness (QED) is 0.739. The van der Waals surface area contributed by atoms with Gasteiger partial charge in [0, 0.05) is 12.5 Å². The number of aromatic nitrogens is 3. The summed E-state index contributed by atoms with van der Waals surface area (Å²) >= 11 is 0. The molecule has 0 aromatic carbocycles. The van der Waals surface area contributed by atoms with Gasteiger partial charge in [-0.3, -0.25) is 0 Å². The number of rotatable bonds is 1. The Morgan fingerprint density at radius 2 is 2.21 bits per heavy atom. The van der Waals surface area contributed by atoms with Crippen molar-refractivity contribution in [2.24, 2.45) is 0 Å². The molecule has 0 bridgehead atoms. The summed E-state index contributed by atoms with van der Waals surface area (Å²) in [6, 6.07) is 0.507. The maximum absolute atomic E-state index is 4.60. The van der Waals surface area contributed by atoms with Crippen molar-refractivity contribution in [1.29, 1.82) is 0 Å². The number of hydrogen-bond acceptors (Lipinski definition) is 3. The van der Waals surface area contributed by atoms with Crippen molar-refractivity contribution < 1.29 is 0 Å². The van der Waals surface area contributed by atoms with Gasteiger partial charge >= 0.3 is 0 Å². The standard InChI is InChI=1S/C10H16N4/c1-7-5-6-11-10-12-9(13-14(7)10)8-3-2-4-8/h7-8H,2-6H2,1H3,(H,11,12,13). The van der Waals surface area contributed by atoms with E-state index in [4.69, 9.17) is 0 Å². The summed E-state index contributed by atoms with van der Waals surface area (Å²) in [5.41, 5.74) is 0. The van der Waals surface area contributed by atoms with Crippen LogP contribution in [0.15, 0.2) is 0 Å². The van der Waals surface area contributed by atoms with Crippen LogP contribution in [-0.2, 0) is 0 Å². The van der Waals surface area contributed by atoms with E-state index in [1.807, 2.05) is 0 Å². The van der Waals surface area contributed by atoms with Gasteiger partial charge in [0.2, 0.25) is 5.95 Å². The van der Waals surface area contributed by atoms with E-state index in [0.717, 1.165) is 24.7 Å². The molecule has 1 N–H and O–H groups in total. The molecule has 1 aromatic heterocycles. The van der Waals surface area contributed by atoms with Crippen LogP contribution in [0.2, 0.25) is 0 Å². The zero-order valence-electron chi connectivity index (χ0n) is 8.53. The highest BCUT2D eigenvalue weighted by atomic mass is 15.4. The normalized spacial score (nSPS) is 26.5. The molecule has 2 aliphatic rings. The molecule has 2 heterocycles. The summed E-state index contributed by atoms with van der Waals surface area (Å²) in [5.74, 6) is 2.68. The summed E-state index contributed by atoms with van der Waals surface area (Å²) in [4.78, 5) is 4.56. The van der Waals surface area contributed by atoms with Crippen LogP contribution in [0, 0.1) is 0 Å². The first-order valence-corrected chi connectivity index (χ1v) is 5.55. The van der Waals surface area contributed by atoms with Crippen molar-refractivity contribution >= 4 is 5.95 Å². The lowest BCUT2D eigenvalue weighted by molar-refractivity contribution is 0.390. The molecule has 0 amide bonds. The minimum absolute atomic E-state index is 0.507. The third kappa shape index (κ3) is 1.13. The lowest BCUT2D eigenvalue weighted by Crippen LogP contribution is -2.21. The third-order valence-corrected chi connectivity index (χ3v) is 3.38. The van der Waals surface area contributed by atoms with Crippen LogP contribution >= 0.6 is 0 Å². The van der Waals surface area contributed by atoms with Gasteiger partial charge in [0.1, 0.15) is 0 Å². The molecule has 1 aromatic rings. The fraction of sp³-hybridized carbons (Fsp3) is 0.800. The van der Waals surface area contributed by atoms with E-state index >= 15 is 0 Å². The first kappa shape index (κ1) is 8.26. The number of anilines is 1. The van der Waals surface area contributed by atoms with Crippen LogP contribution in [0.3, 0.4) is 0 Å². The molecule has 76 valence electrons. The van der Waals surface area contributed by atoms with E-state index in [1.165, 1.54) is 19.3 Å². The van der Waals surface area contributed by atoms with Crippen LogP contribution < -0.4 is 5.32 Å². The Morgan fingerprint density at radius 3 is 2.86 bits per heavy atom. The van der Waals surface area contributed by atoms with Gasteiger partial charge in [0.15, 0.2) is 5.82 Å². The Bertz CT molecular complexity index is 340. The number of nitrogens with zero attached hydrogens (tertiary/aromatic N) is 3. The van der Waals surface area contributed by atoms with E-state index in [1.54, 1.807) is 0 Å². The summed E-state index contributed by atoms with van der Waals surface area (Å²) in [7, 11) is 0. The number of fused-ring (bicyclic) bond motifs is 1. The molecule has 1 aliphatic heterocycles. The van der Waals surface area contributed by atoms with Crippen LogP contribution in [0.1, 0.15) is 50.4 Å². The number of hydrogen-bond donors (Lipinski definition) is 1. The van der Waals surface area contributed by atoms with Crippen LogP contribution in [0.4, 0.5) is 5.95 Å². The van der Waals surface area contributed by atoms with E-state index in [9.17, 15) is 0 Å². The van der Waals surface area contributed by atoms with Crippen molar-refractivity contribution in [3.8, 4) is 0 Å². The van der Waals surface area contributed by atoms with Crippen molar-refractivity contribution in [1.82, 2.24) is 14.8 Å². The van der Waals surface area contributed by atoms with E-state index in [0.29, 0.717) is 12.0 Å². The van der Waals surface area contributed by atoms with Crippen LogP contribution in [-0.4, -0.2) is 21.3 Å². The first-order chi connectivity index (χ1) is 6.84. The highest BCUT2D eigenvalue weighted by molar-refractivity contribution is 5.28. The Labute approximate surface area is 83.7 Å². The second-order valence-corrected chi connectivity index (χ2v) is 4.43. The number of nitrogens with one attached hydrogen (secondary N) is 1. The predicted molar refractivity (Wildman–Crippen MR) is 54.4 cm³/mol. The van der Waals surface area contributed by atoms with Gasteiger partial charge in [-0.25, -0.2) is 4.68 Å². The van der Waals surface area contributed by atoms with Gasteiger partial charge in [-0.15, -0.1) is 0 Å². The third-order valence-electron chi connectivity index (χ3n) is 3.38. The minimum atomic E-state index is 0.507. The molecular weight excluding hydrogens is 176 g/mol. The largest absolute Gasteiger partial charge is 0.354 e. The second-order valence-electron chi connectivity index (χ2n) is 4.43. The first-order valence-electron chi connectivity index (χ1n) is 5.55. The maximum atomic E-state index is 4.60. The Morgan fingerprint density at radius 1 is 1.36 bits per heavy atom. The average molecular weight is 192 g/mol. The zero-order chi connectivity index (χ0) is 9.54. The van der Waals surface area contributed by atoms with Crippen LogP contribution in [0.25, 0.3) is 0 Å². The highest BCUT2D eigenvalue weighted by Crippen LogP contribution is 2.35. The molecule has 3 rings (SSSR count). The zero-order valence-corrected chi connectivity index (χ0v) is 8.53. The predicted octanol–water partition coefficient (Wildman–Crippen LogP) is 1.92. The molecular formula is C10H16N4. The molecule has 1 fully saturated rings. The molecule has 1 saturated carbocycles. The Balaban J connectivity index is 1.93. The van der Waals surface area contributed by atoms with Crippen molar-refractivity contribution in [3.05, 3.63) is 5.82 Å². The fourth-order valence-electron chi connectivity index (χ4n) is 2.12. The van der Waals surface area contributed by atoms with Gasteiger partial charge in [-0.1, -0.05) is 6.42 Å². The SMILES string of the molecule is CC1CCNc2nc(C3CCC3)nn21. The van der Waals surface area contributed by atoms with Crippen molar-refractivity contribution in [2.45, 2.75) is 44.6 Å². The van der Waals surface area contributed by atoms with Crippen molar-refractivity contribution in [3.63, 3.8) is 0 Å². The van der Waals surface area contributed by atoms with Crippen molar-refractivity contribution in [2.75, 3.05) is 11.9 Å². The van der Waals surface area contributed by atoms with Crippen LogP contribution in [0.5, 0.6) is 0 Å². The molecule has 1 aliphatic carbocycles. The molecule has 0 radical (unpaired) electrons. The molecule has 1 atom stereocenters. The minimum Gasteiger partial charge on any atom is -0.354 e. The van der Waals surface area contributed by atoms with E-state index in [2.05, 4.69) is 27.0 Å². The summed E-state index contributed by atoms with van der Waals surface area (Å²) in [6.07, 6.45) is 5.05. The smallest absolute Gasteiger partial charge is 0.221 e. The Kier molecular flexibility index (Phi) is 1.75. The maximum Gasteiger partial charge on any atom is 0.221 e. The van der Waals surface area contributed by atoms with E-state index < -0.39 is 0 Å². The lowest BCUT2D eigenvalue weighted by atomic mass is 9.85. The van der Waals surface area contributed by atoms with Gasteiger partial charge < -0.3 is 5.32 Å². The fourth-order valence-corrected chi connectivity index (χ4v) is 2.12. The lowest BCUT2D eigenvalue weighted by Gasteiger charge is -2.22. The molecule has 1 unspecified atom stereocenters. The van der Waals surface area contributed by atoms with E-state index in [-0.39, 0.29) is 0 Å². The average Bonchev–Trinajstić information content (AvgIpc) is 2.46. The van der Waals surface area contributed by atoms with Gasteiger partial charge in [-0.05, 0) is 26.2 Å². The second kappa shape index (κ2) is 2.97. The molecule has 14 heavy (non-hydrogen) atoms. The monoisotopic (exact) mass is 192 g/mol. The topological polar surface area (TPSA) is 42.7 Å². The summed E-state index contributed by atoms with van der Waals surface area (Å²) in [6.45, 7) is 3.24. The summed E-state index contributed by atoms with van der Waals surface area (Å²) < 4.78 is 2.05.